The summed E-state index contributed by atoms with van der Waals surface area (Å²) < 4.78 is 58.8. The highest BCUT2D eigenvalue weighted by molar-refractivity contribution is 5.94. The van der Waals surface area contributed by atoms with Crippen LogP contribution in [0.1, 0.15) is 6.42 Å². The van der Waals surface area contributed by atoms with E-state index in [1.54, 1.807) is 0 Å². The fourth-order valence-electron chi connectivity index (χ4n) is 0.840. The molecule has 0 aromatic rings. The number of ketones is 2. The Bertz CT molecular complexity index is 332. The van der Waals surface area contributed by atoms with Crippen LogP contribution in [0.15, 0.2) is 25.3 Å². The molecule has 0 aromatic heterocycles. The normalized spacial score (nSPS) is 12.0. The molecule has 0 unspecified atom stereocenters. The molecule has 0 atom stereocenters. The van der Waals surface area contributed by atoms with E-state index in [1.807, 2.05) is 0 Å². The molecule has 8 heteroatoms. The summed E-state index contributed by atoms with van der Waals surface area (Å²) in [6.45, 7) is 4.30. The van der Waals surface area contributed by atoms with E-state index in [1.165, 1.54) is 0 Å². The third-order valence-corrected chi connectivity index (χ3v) is 1.80. The Balaban J connectivity index is 4.01. The molecule has 0 heterocycles. The molecule has 108 valence electrons. The molecule has 0 saturated carbocycles. The maximum atomic E-state index is 12.8. The van der Waals surface area contributed by atoms with E-state index in [4.69, 9.17) is 0 Å². The standard InChI is InChI=1S/C11H12F4O4/c1-3-8(16)10(12,13)18-6-5-7-19-11(14,15)9(17)4-2/h3-4H,1-2,5-7H2. The maximum Gasteiger partial charge on any atom is 0.420 e. The van der Waals surface area contributed by atoms with Crippen molar-refractivity contribution in [2.75, 3.05) is 13.2 Å². The number of ether oxygens (including phenoxy) is 2. The molecule has 0 amide bonds. The molecule has 4 nitrogen and oxygen atoms in total. The van der Waals surface area contributed by atoms with E-state index in [2.05, 4.69) is 22.6 Å². The molecule has 0 aliphatic rings. The number of alkyl halides is 4. The summed E-state index contributed by atoms with van der Waals surface area (Å²) in [6.07, 6.45) is -7.71. The van der Waals surface area contributed by atoms with Crippen molar-refractivity contribution in [1.82, 2.24) is 0 Å². The van der Waals surface area contributed by atoms with Crippen molar-refractivity contribution < 1.29 is 36.6 Å². The average Bonchev–Trinajstić information content (AvgIpc) is 2.35. The largest absolute Gasteiger partial charge is 0.420 e. The van der Waals surface area contributed by atoms with Gasteiger partial charge >= 0.3 is 12.2 Å². The van der Waals surface area contributed by atoms with Gasteiger partial charge in [0.05, 0.1) is 13.2 Å². The molecule has 0 aliphatic carbocycles. The lowest BCUT2D eigenvalue weighted by molar-refractivity contribution is -0.237. The summed E-state index contributed by atoms with van der Waals surface area (Å²) in [5.74, 6) is -3.28. The summed E-state index contributed by atoms with van der Waals surface area (Å²) in [6, 6.07) is 0. The summed E-state index contributed by atoms with van der Waals surface area (Å²) >= 11 is 0. The first-order valence-corrected chi connectivity index (χ1v) is 5.04. The maximum absolute atomic E-state index is 12.8. The van der Waals surface area contributed by atoms with Crippen LogP contribution < -0.4 is 0 Å². The third-order valence-electron chi connectivity index (χ3n) is 1.80. The van der Waals surface area contributed by atoms with Gasteiger partial charge in [-0.3, -0.25) is 9.59 Å². The SMILES string of the molecule is C=CC(=O)C(F)(F)OCCCOC(F)(F)C(=O)C=C. The Morgan fingerprint density at radius 3 is 1.47 bits per heavy atom. The zero-order valence-electron chi connectivity index (χ0n) is 9.84. The zero-order chi connectivity index (χ0) is 15.1. The van der Waals surface area contributed by atoms with Gasteiger partial charge in [-0.2, -0.15) is 17.6 Å². The van der Waals surface area contributed by atoms with Crippen LogP contribution in [-0.4, -0.2) is 37.0 Å². The van der Waals surface area contributed by atoms with Gasteiger partial charge in [-0.05, 0) is 18.6 Å². The monoisotopic (exact) mass is 284 g/mol. The van der Waals surface area contributed by atoms with E-state index >= 15 is 0 Å². The Kier molecular flexibility index (Phi) is 6.57. The molecule has 0 aliphatic heterocycles. The smallest absolute Gasteiger partial charge is 0.314 e. The molecular formula is C11H12F4O4. The molecule has 0 spiro atoms. The molecule has 0 saturated heterocycles. The van der Waals surface area contributed by atoms with Crippen LogP contribution in [0.2, 0.25) is 0 Å². The summed E-state index contributed by atoms with van der Waals surface area (Å²) in [5, 5.41) is 0. The van der Waals surface area contributed by atoms with Crippen molar-refractivity contribution in [2.45, 2.75) is 18.6 Å². The predicted molar refractivity (Wildman–Crippen MR) is 56.8 cm³/mol. The van der Waals surface area contributed by atoms with Gasteiger partial charge in [-0.15, -0.1) is 0 Å². The first kappa shape index (κ1) is 17.5. The van der Waals surface area contributed by atoms with E-state index < -0.39 is 37.0 Å². The number of carbonyl (C=O) groups excluding carboxylic acids is 2. The average molecular weight is 284 g/mol. The lowest BCUT2D eigenvalue weighted by atomic mass is 10.3. The minimum absolute atomic E-state index is 0.361. The van der Waals surface area contributed by atoms with Crippen molar-refractivity contribution >= 4 is 11.6 Å². The van der Waals surface area contributed by atoms with E-state index in [0.717, 1.165) is 0 Å². The minimum atomic E-state index is -4.05. The lowest BCUT2D eigenvalue weighted by Crippen LogP contribution is -2.33. The van der Waals surface area contributed by atoms with Gasteiger partial charge in [-0.25, -0.2) is 0 Å². The lowest BCUT2D eigenvalue weighted by Gasteiger charge is -2.15. The van der Waals surface area contributed by atoms with Crippen molar-refractivity contribution in [3.63, 3.8) is 0 Å². The van der Waals surface area contributed by atoms with Gasteiger partial charge in [0.25, 0.3) is 11.6 Å². The van der Waals surface area contributed by atoms with Gasteiger partial charge in [0, 0.05) is 0 Å². The van der Waals surface area contributed by atoms with E-state index in [9.17, 15) is 27.2 Å². The molecular weight excluding hydrogens is 272 g/mol. The van der Waals surface area contributed by atoms with Crippen molar-refractivity contribution in [1.29, 1.82) is 0 Å². The van der Waals surface area contributed by atoms with Gasteiger partial charge in [-0.1, -0.05) is 13.2 Å². The van der Waals surface area contributed by atoms with Crippen molar-refractivity contribution in [3.05, 3.63) is 25.3 Å². The Morgan fingerprint density at radius 2 is 1.21 bits per heavy atom. The number of halogens is 4. The van der Waals surface area contributed by atoms with Crippen molar-refractivity contribution in [3.8, 4) is 0 Å². The van der Waals surface area contributed by atoms with Gasteiger partial charge in [0.15, 0.2) is 0 Å². The molecule has 0 N–H and O–H groups in total. The predicted octanol–water partition coefficient (Wildman–Crippen LogP) is 2.11. The second-order valence-corrected chi connectivity index (χ2v) is 3.22. The fraction of sp³-hybridized carbons (Fsp3) is 0.455. The molecule has 0 fully saturated rings. The molecule has 0 bridgehead atoms. The van der Waals surface area contributed by atoms with Crippen LogP contribution in [-0.2, 0) is 19.1 Å². The second kappa shape index (κ2) is 7.15. The minimum Gasteiger partial charge on any atom is -0.314 e. The topological polar surface area (TPSA) is 52.6 Å². The van der Waals surface area contributed by atoms with Gasteiger partial charge < -0.3 is 9.47 Å². The molecule has 0 radical (unpaired) electrons. The Hall–Kier alpha value is -1.54. The molecule has 19 heavy (non-hydrogen) atoms. The highest BCUT2D eigenvalue weighted by Crippen LogP contribution is 2.19. The summed E-state index contributed by atoms with van der Waals surface area (Å²) in [5.41, 5.74) is 0. The summed E-state index contributed by atoms with van der Waals surface area (Å²) in [7, 11) is 0. The Labute approximate surface area is 106 Å². The highest BCUT2D eigenvalue weighted by Gasteiger charge is 2.39. The first-order valence-electron chi connectivity index (χ1n) is 5.04. The quantitative estimate of drug-likeness (QED) is 0.350. The number of rotatable bonds is 10. The number of hydrogen-bond acceptors (Lipinski definition) is 4. The zero-order valence-corrected chi connectivity index (χ0v) is 9.84. The van der Waals surface area contributed by atoms with E-state index in [0.29, 0.717) is 12.2 Å². The van der Waals surface area contributed by atoms with Crippen LogP contribution in [0.3, 0.4) is 0 Å². The molecule has 0 aromatic carbocycles. The number of hydrogen-bond donors (Lipinski definition) is 0. The third kappa shape index (κ3) is 5.75. The summed E-state index contributed by atoms with van der Waals surface area (Å²) in [4.78, 5) is 21.2. The van der Waals surface area contributed by atoms with Crippen LogP contribution in [0, 0.1) is 0 Å². The first-order chi connectivity index (χ1) is 8.67. The number of carbonyl (C=O) groups is 2. The van der Waals surface area contributed by atoms with Gasteiger partial charge in [0.1, 0.15) is 0 Å². The Morgan fingerprint density at radius 1 is 0.895 bits per heavy atom. The highest BCUT2D eigenvalue weighted by atomic mass is 19.3. The van der Waals surface area contributed by atoms with Crippen LogP contribution >= 0.6 is 0 Å². The van der Waals surface area contributed by atoms with E-state index in [-0.39, 0.29) is 6.42 Å². The van der Waals surface area contributed by atoms with Crippen LogP contribution in [0.25, 0.3) is 0 Å². The van der Waals surface area contributed by atoms with Gasteiger partial charge in [0.2, 0.25) is 0 Å². The molecule has 0 rings (SSSR count). The van der Waals surface area contributed by atoms with Crippen LogP contribution in [0.5, 0.6) is 0 Å². The van der Waals surface area contributed by atoms with Crippen molar-refractivity contribution in [2.24, 2.45) is 0 Å². The van der Waals surface area contributed by atoms with Crippen LogP contribution in [0.4, 0.5) is 17.6 Å². The fourth-order valence-corrected chi connectivity index (χ4v) is 0.840. The second-order valence-electron chi connectivity index (χ2n) is 3.22.